The number of rotatable bonds is 4. The molecule has 0 N–H and O–H groups in total. The minimum atomic E-state index is 0.297. The van der Waals surface area contributed by atoms with Crippen LogP contribution < -0.4 is 4.74 Å². The number of pyridine rings is 1. The smallest absolute Gasteiger partial charge is 0.189 e. The molecule has 0 bridgehead atoms. The summed E-state index contributed by atoms with van der Waals surface area (Å²) >= 11 is 0. The van der Waals surface area contributed by atoms with Gasteiger partial charge in [0.25, 0.3) is 0 Å². The van der Waals surface area contributed by atoms with Gasteiger partial charge in [-0.15, -0.1) is 5.10 Å². The average Bonchev–Trinajstić information content (AvgIpc) is 3.26. The predicted octanol–water partition coefficient (Wildman–Crippen LogP) is 3.97. The first-order valence-corrected chi connectivity index (χ1v) is 9.45. The van der Waals surface area contributed by atoms with Crippen LogP contribution in [0.15, 0.2) is 54.9 Å². The van der Waals surface area contributed by atoms with Crippen molar-refractivity contribution < 1.29 is 4.74 Å². The van der Waals surface area contributed by atoms with Crippen molar-refractivity contribution in [1.29, 1.82) is 0 Å². The Kier molecular flexibility index (Phi) is 4.01. The average molecular weight is 384 g/mol. The number of hydrogen-bond donors (Lipinski definition) is 0. The van der Waals surface area contributed by atoms with Crippen LogP contribution in [0.4, 0.5) is 0 Å². The summed E-state index contributed by atoms with van der Waals surface area (Å²) in [6, 6.07) is 15.6. The molecule has 0 aliphatic carbocycles. The first kappa shape index (κ1) is 17.4. The molecule has 0 aliphatic heterocycles. The molecule has 0 unspecified atom stereocenters. The van der Waals surface area contributed by atoms with Crippen molar-refractivity contribution in [2.75, 3.05) is 0 Å². The first-order valence-electron chi connectivity index (χ1n) is 9.45. The summed E-state index contributed by atoms with van der Waals surface area (Å²) in [4.78, 5) is 14.1. The first-order chi connectivity index (χ1) is 14.1. The summed E-state index contributed by atoms with van der Waals surface area (Å²) in [5.74, 6) is 2.25. The van der Waals surface area contributed by atoms with E-state index in [2.05, 4.69) is 33.5 Å². The third kappa shape index (κ3) is 2.91. The molecule has 0 aliphatic rings. The number of fused-ring (bicyclic) bond motifs is 3. The third-order valence-electron chi connectivity index (χ3n) is 5.09. The summed E-state index contributed by atoms with van der Waals surface area (Å²) in [6.07, 6.45) is 1.70. The fourth-order valence-electron chi connectivity index (χ4n) is 3.56. The molecule has 4 aromatic heterocycles. The molecule has 7 heteroatoms. The second-order valence-electron chi connectivity index (χ2n) is 7.02. The zero-order chi connectivity index (χ0) is 20.0. The van der Waals surface area contributed by atoms with E-state index in [0.717, 1.165) is 45.2 Å². The minimum absolute atomic E-state index is 0.297. The number of aryl methyl sites for hydroxylation is 2. The summed E-state index contributed by atoms with van der Waals surface area (Å²) in [7, 11) is 0. The summed E-state index contributed by atoms with van der Waals surface area (Å²) < 4.78 is 9.59. The number of benzene rings is 1. The largest absolute Gasteiger partial charge is 0.486 e. The normalized spacial score (nSPS) is 11.4. The van der Waals surface area contributed by atoms with Crippen LogP contribution in [0.5, 0.6) is 5.75 Å². The predicted molar refractivity (Wildman–Crippen MR) is 110 cm³/mol. The Bertz CT molecular complexity index is 1340. The zero-order valence-corrected chi connectivity index (χ0v) is 16.5. The van der Waals surface area contributed by atoms with Crippen molar-refractivity contribution in [3.05, 3.63) is 77.6 Å². The molecule has 7 nitrogen and oxygen atoms in total. The van der Waals surface area contributed by atoms with Gasteiger partial charge >= 0.3 is 0 Å². The van der Waals surface area contributed by atoms with E-state index in [1.54, 1.807) is 10.8 Å². The highest BCUT2D eigenvalue weighted by Gasteiger charge is 2.19. The van der Waals surface area contributed by atoms with Gasteiger partial charge < -0.3 is 4.74 Å². The molecular weight excluding hydrogens is 364 g/mol. The highest BCUT2D eigenvalue weighted by atomic mass is 16.5. The van der Waals surface area contributed by atoms with Crippen LogP contribution in [0.25, 0.3) is 22.5 Å². The molecule has 0 spiro atoms. The van der Waals surface area contributed by atoms with Crippen LogP contribution in [0.3, 0.4) is 0 Å². The van der Waals surface area contributed by atoms with E-state index in [0.29, 0.717) is 12.4 Å². The van der Waals surface area contributed by atoms with Crippen molar-refractivity contribution in [3.63, 3.8) is 0 Å². The topological polar surface area (TPSA) is 70.1 Å². The molecule has 4 heterocycles. The van der Waals surface area contributed by atoms with Crippen LogP contribution in [-0.4, -0.2) is 29.1 Å². The molecule has 1 aromatic carbocycles. The molecule has 0 saturated carbocycles. The van der Waals surface area contributed by atoms with Crippen LogP contribution >= 0.6 is 0 Å². The van der Waals surface area contributed by atoms with Gasteiger partial charge in [-0.3, -0.25) is 4.57 Å². The number of hydrogen-bond acceptors (Lipinski definition) is 5. The van der Waals surface area contributed by atoms with E-state index in [1.807, 2.05) is 55.5 Å². The van der Waals surface area contributed by atoms with Crippen LogP contribution in [0.2, 0.25) is 0 Å². The minimum Gasteiger partial charge on any atom is -0.486 e. The van der Waals surface area contributed by atoms with Crippen molar-refractivity contribution in [1.82, 2.24) is 29.1 Å². The molecule has 0 radical (unpaired) electrons. The van der Waals surface area contributed by atoms with E-state index in [4.69, 9.17) is 9.72 Å². The van der Waals surface area contributed by atoms with Gasteiger partial charge in [-0.1, -0.05) is 24.3 Å². The van der Waals surface area contributed by atoms with Crippen molar-refractivity contribution in [3.8, 4) is 11.6 Å². The van der Waals surface area contributed by atoms with Crippen LogP contribution in [-0.2, 0) is 6.61 Å². The third-order valence-corrected chi connectivity index (χ3v) is 5.09. The number of nitrogens with zero attached hydrogens (tertiary/aromatic N) is 6. The number of para-hydroxylation sites is 1. The molecule has 144 valence electrons. The summed E-state index contributed by atoms with van der Waals surface area (Å²) in [5, 5.41) is 5.52. The molecule has 5 rings (SSSR count). The Labute approximate surface area is 167 Å². The van der Waals surface area contributed by atoms with E-state index in [9.17, 15) is 0 Å². The van der Waals surface area contributed by atoms with Gasteiger partial charge in [0.1, 0.15) is 24.5 Å². The molecule has 29 heavy (non-hydrogen) atoms. The Morgan fingerprint density at radius 2 is 1.72 bits per heavy atom. The monoisotopic (exact) mass is 384 g/mol. The molecule has 0 atom stereocenters. The lowest BCUT2D eigenvalue weighted by atomic mass is 10.2. The molecule has 0 saturated heterocycles. The summed E-state index contributed by atoms with van der Waals surface area (Å²) in [5.41, 5.74) is 4.76. The van der Waals surface area contributed by atoms with Crippen LogP contribution in [0.1, 0.15) is 22.8 Å². The Hall–Kier alpha value is -3.74. The lowest BCUT2D eigenvalue weighted by molar-refractivity contribution is 0.296. The quantitative estimate of drug-likeness (QED) is 0.469. The van der Waals surface area contributed by atoms with Crippen molar-refractivity contribution in [2.45, 2.75) is 27.4 Å². The van der Waals surface area contributed by atoms with E-state index in [-0.39, 0.29) is 0 Å². The number of aromatic nitrogens is 6. The highest BCUT2D eigenvalue weighted by molar-refractivity contribution is 5.94. The molecular formula is C22H20N6O. The highest BCUT2D eigenvalue weighted by Crippen LogP contribution is 2.29. The van der Waals surface area contributed by atoms with Gasteiger partial charge in [0.15, 0.2) is 17.1 Å². The van der Waals surface area contributed by atoms with Gasteiger partial charge in [0.05, 0.1) is 5.39 Å². The lowest BCUT2D eigenvalue weighted by Crippen LogP contribution is -2.02. The maximum absolute atomic E-state index is 5.80. The Morgan fingerprint density at radius 1 is 0.897 bits per heavy atom. The van der Waals surface area contributed by atoms with E-state index < -0.39 is 0 Å². The zero-order valence-electron chi connectivity index (χ0n) is 16.5. The van der Waals surface area contributed by atoms with Gasteiger partial charge in [-0.05, 0) is 50.6 Å². The Morgan fingerprint density at radius 3 is 2.52 bits per heavy atom. The fraction of sp³-hybridized carbons (Fsp3) is 0.182. The van der Waals surface area contributed by atoms with E-state index in [1.165, 1.54) is 0 Å². The van der Waals surface area contributed by atoms with Gasteiger partial charge in [0.2, 0.25) is 0 Å². The second-order valence-corrected chi connectivity index (χ2v) is 7.02. The summed E-state index contributed by atoms with van der Waals surface area (Å²) in [6.45, 7) is 6.44. The molecule has 5 aromatic rings. The molecule has 0 amide bonds. The standard InChI is InChI=1S/C22H20N6O/c1-14-8-7-11-19(24-14)28-16(3)15(2)20-21(28)23-13-27-22(20)25-18(26-27)12-29-17-9-5-4-6-10-17/h4-11,13H,12H2,1-3H3. The maximum atomic E-state index is 5.80. The Balaban J connectivity index is 1.61. The van der Waals surface area contributed by atoms with E-state index >= 15 is 0 Å². The number of ether oxygens (including phenoxy) is 1. The maximum Gasteiger partial charge on any atom is 0.189 e. The second kappa shape index (κ2) is 6.70. The van der Waals surface area contributed by atoms with Gasteiger partial charge in [0, 0.05) is 11.4 Å². The lowest BCUT2D eigenvalue weighted by Gasteiger charge is -2.07. The van der Waals surface area contributed by atoms with Crippen LogP contribution in [0, 0.1) is 20.8 Å². The SMILES string of the molecule is Cc1cccc(-n2c(C)c(C)c3c2ncn2nc(COc4ccccc4)nc32)n1. The molecule has 0 fully saturated rings. The van der Waals surface area contributed by atoms with Gasteiger partial charge in [-0.25, -0.2) is 19.5 Å². The fourth-order valence-corrected chi connectivity index (χ4v) is 3.56. The van der Waals surface area contributed by atoms with Crippen molar-refractivity contribution >= 4 is 16.7 Å². The van der Waals surface area contributed by atoms with Crippen molar-refractivity contribution in [2.24, 2.45) is 0 Å². The van der Waals surface area contributed by atoms with Gasteiger partial charge in [-0.2, -0.15) is 0 Å².